The first-order valence-electron chi connectivity index (χ1n) is 6.04. The van der Waals surface area contributed by atoms with E-state index >= 15 is 0 Å². The monoisotopic (exact) mass is 269 g/mol. The molecule has 6 nitrogen and oxygen atoms in total. The molecule has 0 aromatic carbocycles. The lowest BCUT2D eigenvalue weighted by atomic mass is 10.2. The van der Waals surface area contributed by atoms with Gasteiger partial charge in [0, 0.05) is 26.7 Å². The van der Waals surface area contributed by atoms with E-state index in [0.717, 1.165) is 37.6 Å². The van der Waals surface area contributed by atoms with Gasteiger partial charge in [0.15, 0.2) is 5.82 Å². The predicted octanol–water partition coefficient (Wildman–Crippen LogP) is 0.227. The molecule has 100 valence electrons. The molecule has 1 saturated heterocycles. The molecule has 0 saturated carbocycles. The van der Waals surface area contributed by atoms with Gasteiger partial charge in [-0.15, -0.1) is 0 Å². The van der Waals surface area contributed by atoms with Crippen molar-refractivity contribution in [3.05, 3.63) is 5.56 Å². The summed E-state index contributed by atoms with van der Waals surface area (Å²) in [5.74, 6) is 0.167. The van der Waals surface area contributed by atoms with E-state index in [-0.39, 0.29) is 5.91 Å². The Morgan fingerprint density at radius 1 is 1.39 bits per heavy atom. The molecule has 0 atom stereocenters. The Morgan fingerprint density at radius 3 is 2.89 bits per heavy atom. The van der Waals surface area contributed by atoms with Gasteiger partial charge in [-0.3, -0.25) is 4.79 Å². The highest BCUT2D eigenvalue weighted by Crippen LogP contribution is 2.31. The maximum atomic E-state index is 11.8. The minimum Gasteiger partial charge on any atom is -0.382 e. The van der Waals surface area contributed by atoms with Crippen LogP contribution in [0.3, 0.4) is 0 Å². The third-order valence-corrected chi connectivity index (χ3v) is 4.08. The maximum Gasteiger partial charge on any atom is 0.257 e. The second-order valence-corrected chi connectivity index (χ2v) is 5.22. The highest BCUT2D eigenvalue weighted by atomic mass is 32.1. The molecule has 1 fully saturated rings. The van der Waals surface area contributed by atoms with Crippen molar-refractivity contribution in [2.45, 2.75) is 6.42 Å². The zero-order chi connectivity index (χ0) is 13.1. The number of aromatic nitrogens is 1. The number of nitrogens with one attached hydrogen (secondary N) is 1. The fourth-order valence-corrected chi connectivity index (χ4v) is 2.96. The number of hydrogen-bond donors (Lipinski definition) is 2. The molecule has 0 bridgehead atoms. The number of amides is 1. The molecule has 3 N–H and O–H groups in total. The fraction of sp³-hybridized carbons (Fsp3) is 0.636. The SMILES string of the molecule is CNC(=O)c1c(N)nsc1N1CCCN(C)CC1. The Bertz CT molecular complexity index is 433. The van der Waals surface area contributed by atoms with Crippen LogP contribution < -0.4 is 16.0 Å². The normalized spacial score (nSPS) is 17.6. The molecule has 1 aliphatic rings. The summed E-state index contributed by atoms with van der Waals surface area (Å²) < 4.78 is 4.11. The van der Waals surface area contributed by atoms with Gasteiger partial charge in [-0.05, 0) is 31.5 Å². The van der Waals surface area contributed by atoms with Crippen LogP contribution in [0, 0.1) is 0 Å². The average molecular weight is 269 g/mol. The molecule has 0 aliphatic carbocycles. The maximum absolute atomic E-state index is 11.8. The van der Waals surface area contributed by atoms with Gasteiger partial charge in [-0.25, -0.2) is 0 Å². The topological polar surface area (TPSA) is 74.5 Å². The number of likely N-dealkylation sites (N-methyl/N-ethyl adjacent to an activating group) is 1. The van der Waals surface area contributed by atoms with Gasteiger partial charge in [-0.1, -0.05) is 0 Å². The summed E-state index contributed by atoms with van der Waals surface area (Å²) in [6, 6.07) is 0. The smallest absolute Gasteiger partial charge is 0.257 e. The van der Waals surface area contributed by atoms with Crippen molar-refractivity contribution in [1.29, 1.82) is 0 Å². The highest BCUT2D eigenvalue weighted by molar-refractivity contribution is 7.11. The van der Waals surface area contributed by atoms with E-state index in [9.17, 15) is 4.79 Å². The van der Waals surface area contributed by atoms with Crippen LogP contribution in [0.25, 0.3) is 0 Å². The summed E-state index contributed by atoms with van der Waals surface area (Å²) in [6.07, 6.45) is 1.08. The van der Waals surface area contributed by atoms with Gasteiger partial charge in [0.25, 0.3) is 5.91 Å². The van der Waals surface area contributed by atoms with Crippen LogP contribution in [0.5, 0.6) is 0 Å². The molecule has 0 unspecified atom stereocenters. The summed E-state index contributed by atoms with van der Waals surface area (Å²) in [5.41, 5.74) is 6.31. The largest absolute Gasteiger partial charge is 0.382 e. The van der Waals surface area contributed by atoms with E-state index in [1.54, 1.807) is 7.05 Å². The number of hydrogen-bond acceptors (Lipinski definition) is 6. The van der Waals surface area contributed by atoms with Crippen LogP contribution >= 0.6 is 11.5 Å². The van der Waals surface area contributed by atoms with E-state index < -0.39 is 0 Å². The lowest BCUT2D eigenvalue weighted by molar-refractivity contribution is 0.0964. The Balaban J connectivity index is 2.24. The van der Waals surface area contributed by atoms with Gasteiger partial charge in [-0.2, -0.15) is 4.37 Å². The van der Waals surface area contributed by atoms with Gasteiger partial charge in [0.2, 0.25) is 0 Å². The molecule has 0 spiro atoms. The number of anilines is 2. The number of carbonyl (C=O) groups excluding carboxylic acids is 1. The molecule has 1 aliphatic heterocycles. The number of carbonyl (C=O) groups is 1. The number of nitrogens with two attached hydrogens (primary N) is 1. The standard InChI is InChI=1S/C11H19N5OS/c1-13-10(17)8-9(12)14-18-11(8)16-5-3-4-15(2)6-7-16/h3-7H2,1-2H3,(H2,12,14)(H,13,17). The van der Waals surface area contributed by atoms with Crippen LogP contribution in [-0.4, -0.2) is 55.5 Å². The van der Waals surface area contributed by atoms with E-state index in [1.807, 2.05) is 0 Å². The van der Waals surface area contributed by atoms with Crippen molar-refractivity contribution in [1.82, 2.24) is 14.6 Å². The van der Waals surface area contributed by atoms with E-state index in [4.69, 9.17) is 5.73 Å². The van der Waals surface area contributed by atoms with E-state index in [1.165, 1.54) is 11.5 Å². The van der Waals surface area contributed by atoms with Crippen molar-refractivity contribution < 1.29 is 4.79 Å². The van der Waals surface area contributed by atoms with Gasteiger partial charge >= 0.3 is 0 Å². The fourth-order valence-electron chi connectivity index (χ4n) is 2.10. The van der Waals surface area contributed by atoms with Gasteiger partial charge in [0.1, 0.15) is 10.6 Å². The van der Waals surface area contributed by atoms with Crippen LogP contribution in [0.15, 0.2) is 0 Å². The quantitative estimate of drug-likeness (QED) is 0.804. The van der Waals surface area contributed by atoms with Crippen LogP contribution in [0.2, 0.25) is 0 Å². The summed E-state index contributed by atoms with van der Waals surface area (Å²) in [7, 11) is 3.73. The Labute approximate surface area is 111 Å². The molecule has 1 amide bonds. The third-order valence-electron chi connectivity index (χ3n) is 3.16. The Kier molecular flexibility index (Phi) is 4.03. The molecule has 7 heteroatoms. The summed E-state index contributed by atoms with van der Waals surface area (Å²) in [5, 5.41) is 3.51. The molecule has 0 radical (unpaired) electrons. The predicted molar refractivity (Wildman–Crippen MR) is 74.2 cm³/mol. The van der Waals surface area contributed by atoms with Crippen molar-refractivity contribution in [3.63, 3.8) is 0 Å². The minimum absolute atomic E-state index is 0.158. The zero-order valence-electron chi connectivity index (χ0n) is 10.8. The summed E-state index contributed by atoms with van der Waals surface area (Å²) >= 11 is 1.31. The van der Waals surface area contributed by atoms with Crippen molar-refractivity contribution in [3.8, 4) is 0 Å². The second kappa shape index (κ2) is 5.53. The van der Waals surface area contributed by atoms with E-state index in [2.05, 4.69) is 26.5 Å². The lowest BCUT2D eigenvalue weighted by Crippen LogP contribution is -2.30. The van der Waals surface area contributed by atoms with Gasteiger partial charge < -0.3 is 20.9 Å². The average Bonchev–Trinajstić information content (AvgIpc) is 2.60. The minimum atomic E-state index is -0.158. The number of nitrogens with zero attached hydrogens (tertiary/aromatic N) is 3. The number of rotatable bonds is 2. The van der Waals surface area contributed by atoms with Crippen LogP contribution in [0.1, 0.15) is 16.8 Å². The molecular weight excluding hydrogens is 250 g/mol. The van der Waals surface area contributed by atoms with Crippen molar-refractivity contribution in [2.75, 3.05) is 50.9 Å². The molecule has 18 heavy (non-hydrogen) atoms. The lowest BCUT2D eigenvalue weighted by Gasteiger charge is -2.21. The first-order chi connectivity index (χ1) is 8.63. The highest BCUT2D eigenvalue weighted by Gasteiger charge is 2.23. The second-order valence-electron chi connectivity index (χ2n) is 4.47. The molecule has 1 aromatic heterocycles. The number of nitrogen functional groups attached to an aromatic ring is 1. The van der Waals surface area contributed by atoms with Crippen molar-refractivity contribution in [2.24, 2.45) is 0 Å². The van der Waals surface area contributed by atoms with Crippen LogP contribution in [0.4, 0.5) is 10.8 Å². The molecule has 2 heterocycles. The zero-order valence-corrected chi connectivity index (χ0v) is 11.6. The Morgan fingerprint density at radius 2 is 2.17 bits per heavy atom. The summed E-state index contributed by atoms with van der Waals surface area (Å²) in [6.45, 7) is 3.92. The van der Waals surface area contributed by atoms with Crippen LogP contribution in [-0.2, 0) is 0 Å². The first kappa shape index (κ1) is 13.1. The van der Waals surface area contributed by atoms with Crippen molar-refractivity contribution >= 4 is 28.3 Å². The van der Waals surface area contributed by atoms with Gasteiger partial charge in [0.05, 0.1) is 0 Å². The first-order valence-corrected chi connectivity index (χ1v) is 6.81. The molecule has 1 aromatic rings. The Hall–Kier alpha value is -1.34. The molecular formula is C11H19N5OS. The summed E-state index contributed by atoms with van der Waals surface area (Å²) in [4.78, 5) is 16.4. The van der Waals surface area contributed by atoms with E-state index in [0.29, 0.717) is 11.4 Å². The third kappa shape index (κ3) is 2.56. The molecule has 2 rings (SSSR count).